The van der Waals surface area contributed by atoms with Crippen molar-refractivity contribution in [1.82, 2.24) is 15.0 Å². The summed E-state index contributed by atoms with van der Waals surface area (Å²) in [7, 11) is 0. The summed E-state index contributed by atoms with van der Waals surface area (Å²) in [4.78, 5) is 10.9. The molecule has 1 unspecified atom stereocenters. The molecule has 2 N–H and O–H groups in total. The van der Waals surface area contributed by atoms with Crippen molar-refractivity contribution in [3.63, 3.8) is 0 Å². The minimum Gasteiger partial charge on any atom is -0.476 e. The highest BCUT2D eigenvalue weighted by Crippen LogP contribution is 2.09. The molecule has 90 valence electrons. The number of carboxylic acid groups (broad SMARTS) is 1. The summed E-state index contributed by atoms with van der Waals surface area (Å²) in [6.45, 7) is 4.15. The summed E-state index contributed by atoms with van der Waals surface area (Å²) >= 11 is 0. The lowest BCUT2D eigenvalue weighted by Gasteiger charge is -2.07. The number of carbonyl (C=O) groups is 1. The van der Waals surface area contributed by atoms with E-state index < -0.39 is 12.1 Å². The summed E-state index contributed by atoms with van der Waals surface area (Å²) in [6.07, 6.45) is 1.59. The van der Waals surface area contributed by atoms with E-state index in [2.05, 4.69) is 10.3 Å². The number of aromatic carboxylic acids is 1. The van der Waals surface area contributed by atoms with Crippen LogP contribution in [0.5, 0.6) is 0 Å². The molecule has 0 saturated carbocycles. The van der Waals surface area contributed by atoms with Gasteiger partial charge in [0, 0.05) is 6.54 Å². The van der Waals surface area contributed by atoms with Crippen LogP contribution in [0.1, 0.15) is 42.9 Å². The lowest BCUT2D eigenvalue weighted by Crippen LogP contribution is -2.12. The Labute approximate surface area is 93.9 Å². The molecule has 6 heteroatoms. The second-order valence-electron chi connectivity index (χ2n) is 3.80. The average Bonchev–Trinajstić information content (AvgIpc) is 2.59. The molecule has 0 saturated heterocycles. The maximum absolute atomic E-state index is 10.9. The van der Waals surface area contributed by atoms with E-state index in [1.54, 1.807) is 11.6 Å². The van der Waals surface area contributed by atoms with Gasteiger partial charge in [0.2, 0.25) is 0 Å². The minimum absolute atomic E-state index is 0.0208. The molecule has 0 aliphatic carbocycles. The zero-order valence-electron chi connectivity index (χ0n) is 9.55. The lowest BCUT2D eigenvalue weighted by atomic mass is 10.2. The Kier molecular flexibility index (Phi) is 4.42. The van der Waals surface area contributed by atoms with Gasteiger partial charge in [-0.15, -0.1) is 5.10 Å². The van der Waals surface area contributed by atoms with Crippen molar-refractivity contribution < 1.29 is 15.0 Å². The predicted octanol–water partition coefficient (Wildman–Crippen LogP) is 0.700. The second-order valence-corrected chi connectivity index (χ2v) is 3.80. The Morgan fingerprint density at radius 2 is 2.25 bits per heavy atom. The SMILES string of the molecule is CCCc1c(C(=O)O)nnn1CCC(C)O. The second kappa shape index (κ2) is 5.60. The van der Waals surface area contributed by atoms with E-state index in [0.717, 1.165) is 6.42 Å². The predicted molar refractivity (Wildman–Crippen MR) is 57.3 cm³/mol. The van der Waals surface area contributed by atoms with Crippen molar-refractivity contribution >= 4 is 5.97 Å². The van der Waals surface area contributed by atoms with Crippen molar-refractivity contribution in [1.29, 1.82) is 0 Å². The molecular formula is C10H17N3O3. The summed E-state index contributed by atoms with van der Waals surface area (Å²) in [5, 5.41) is 25.5. The van der Waals surface area contributed by atoms with Crippen LogP contribution in [0, 0.1) is 0 Å². The van der Waals surface area contributed by atoms with Crippen LogP contribution in [-0.2, 0) is 13.0 Å². The number of carboxylic acids is 1. The Balaban J connectivity index is 2.86. The van der Waals surface area contributed by atoms with E-state index in [1.165, 1.54) is 0 Å². The van der Waals surface area contributed by atoms with E-state index in [-0.39, 0.29) is 5.69 Å². The highest BCUT2D eigenvalue weighted by molar-refractivity contribution is 5.86. The van der Waals surface area contributed by atoms with Gasteiger partial charge in [0.15, 0.2) is 5.69 Å². The molecule has 0 aliphatic heterocycles. The highest BCUT2D eigenvalue weighted by Gasteiger charge is 2.17. The normalized spacial score (nSPS) is 12.7. The largest absolute Gasteiger partial charge is 0.476 e. The molecule has 1 heterocycles. The van der Waals surface area contributed by atoms with Gasteiger partial charge in [0.05, 0.1) is 11.8 Å². The number of aliphatic hydroxyl groups excluding tert-OH is 1. The molecule has 0 aromatic carbocycles. The van der Waals surface area contributed by atoms with Gasteiger partial charge in [-0.2, -0.15) is 0 Å². The first-order chi connectivity index (χ1) is 7.56. The number of hydrogen-bond donors (Lipinski definition) is 2. The first kappa shape index (κ1) is 12.6. The fourth-order valence-corrected chi connectivity index (χ4v) is 1.47. The number of aryl methyl sites for hydroxylation is 1. The molecule has 0 fully saturated rings. The maximum Gasteiger partial charge on any atom is 0.358 e. The van der Waals surface area contributed by atoms with Crippen LogP contribution >= 0.6 is 0 Å². The summed E-state index contributed by atoms with van der Waals surface area (Å²) < 4.78 is 1.57. The van der Waals surface area contributed by atoms with Crippen LogP contribution in [0.15, 0.2) is 0 Å². The summed E-state index contributed by atoms with van der Waals surface area (Å²) in [6, 6.07) is 0. The maximum atomic E-state index is 10.9. The zero-order valence-corrected chi connectivity index (χ0v) is 9.55. The quantitative estimate of drug-likeness (QED) is 0.746. The number of nitrogens with zero attached hydrogens (tertiary/aromatic N) is 3. The molecule has 0 spiro atoms. The van der Waals surface area contributed by atoms with E-state index in [0.29, 0.717) is 25.1 Å². The van der Waals surface area contributed by atoms with Crippen LogP contribution in [0.2, 0.25) is 0 Å². The van der Waals surface area contributed by atoms with Crippen molar-refractivity contribution in [2.45, 2.75) is 45.8 Å². The molecule has 1 aromatic rings. The van der Waals surface area contributed by atoms with Crippen LogP contribution in [0.4, 0.5) is 0 Å². The van der Waals surface area contributed by atoms with E-state index in [9.17, 15) is 9.90 Å². The molecule has 1 aromatic heterocycles. The van der Waals surface area contributed by atoms with Gasteiger partial charge in [-0.25, -0.2) is 9.48 Å². The topological polar surface area (TPSA) is 88.2 Å². The summed E-state index contributed by atoms with van der Waals surface area (Å²) in [5.74, 6) is -1.05. The van der Waals surface area contributed by atoms with Gasteiger partial charge in [0.25, 0.3) is 0 Å². The van der Waals surface area contributed by atoms with Crippen molar-refractivity contribution in [2.75, 3.05) is 0 Å². The molecule has 16 heavy (non-hydrogen) atoms. The van der Waals surface area contributed by atoms with Gasteiger partial charge in [-0.05, 0) is 19.8 Å². The molecule has 1 rings (SSSR count). The molecule has 6 nitrogen and oxygen atoms in total. The Morgan fingerprint density at radius 3 is 2.75 bits per heavy atom. The molecule has 0 amide bonds. The molecule has 0 radical (unpaired) electrons. The highest BCUT2D eigenvalue weighted by atomic mass is 16.4. The zero-order chi connectivity index (χ0) is 12.1. The Morgan fingerprint density at radius 1 is 1.56 bits per heavy atom. The minimum atomic E-state index is -1.05. The summed E-state index contributed by atoms with van der Waals surface area (Å²) in [5.41, 5.74) is 0.656. The van der Waals surface area contributed by atoms with E-state index in [1.807, 2.05) is 6.92 Å². The van der Waals surface area contributed by atoms with Crippen molar-refractivity contribution in [3.8, 4) is 0 Å². The Hall–Kier alpha value is -1.43. The number of aliphatic hydroxyl groups is 1. The first-order valence-electron chi connectivity index (χ1n) is 5.40. The van der Waals surface area contributed by atoms with Crippen molar-refractivity contribution in [2.24, 2.45) is 0 Å². The molecule has 0 aliphatic rings. The third-order valence-corrected chi connectivity index (χ3v) is 2.29. The van der Waals surface area contributed by atoms with Gasteiger partial charge >= 0.3 is 5.97 Å². The van der Waals surface area contributed by atoms with Crippen LogP contribution in [0.3, 0.4) is 0 Å². The fraction of sp³-hybridized carbons (Fsp3) is 0.700. The van der Waals surface area contributed by atoms with E-state index in [4.69, 9.17) is 5.11 Å². The number of rotatable bonds is 6. The average molecular weight is 227 g/mol. The molecule has 1 atom stereocenters. The number of aromatic nitrogens is 3. The number of hydrogen-bond acceptors (Lipinski definition) is 4. The third-order valence-electron chi connectivity index (χ3n) is 2.29. The van der Waals surface area contributed by atoms with Crippen molar-refractivity contribution in [3.05, 3.63) is 11.4 Å². The van der Waals surface area contributed by atoms with Crippen LogP contribution in [0.25, 0.3) is 0 Å². The van der Waals surface area contributed by atoms with Crippen LogP contribution < -0.4 is 0 Å². The van der Waals surface area contributed by atoms with Gasteiger partial charge in [-0.1, -0.05) is 18.6 Å². The van der Waals surface area contributed by atoms with E-state index >= 15 is 0 Å². The molecular weight excluding hydrogens is 210 g/mol. The smallest absolute Gasteiger partial charge is 0.358 e. The monoisotopic (exact) mass is 227 g/mol. The molecule has 0 bridgehead atoms. The van der Waals surface area contributed by atoms with Gasteiger partial charge in [0.1, 0.15) is 0 Å². The van der Waals surface area contributed by atoms with Gasteiger partial charge in [-0.3, -0.25) is 0 Å². The fourth-order valence-electron chi connectivity index (χ4n) is 1.47. The van der Waals surface area contributed by atoms with Gasteiger partial charge < -0.3 is 10.2 Å². The van der Waals surface area contributed by atoms with Crippen LogP contribution in [-0.4, -0.2) is 37.3 Å². The first-order valence-corrected chi connectivity index (χ1v) is 5.40. The standard InChI is InChI=1S/C10H17N3O3/c1-3-4-8-9(10(15)16)11-12-13(8)6-5-7(2)14/h7,14H,3-6H2,1-2H3,(H,15,16). The lowest BCUT2D eigenvalue weighted by molar-refractivity contribution is 0.0689. The third kappa shape index (κ3) is 3.03. The Bertz CT molecular complexity index is 360.